The first kappa shape index (κ1) is 13.8. The zero-order valence-electron chi connectivity index (χ0n) is 9.95. The molecule has 0 saturated carbocycles. The molecule has 0 amide bonds. The smallest absolute Gasteiger partial charge is 0.0918 e. The van der Waals surface area contributed by atoms with E-state index in [9.17, 15) is 0 Å². The third kappa shape index (κ3) is 7.26. The number of hydroxylamine groups is 2. The molecule has 4 heteroatoms. The number of methoxy groups -OCH3 is 1. The minimum absolute atomic E-state index is 0.630. The summed E-state index contributed by atoms with van der Waals surface area (Å²) in [5, 5.41) is 1.87. The highest BCUT2D eigenvalue weighted by Crippen LogP contribution is 1.90. The summed E-state index contributed by atoms with van der Waals surface area (Å²) in [7, 11) is 3.64. The monoisotopic (exact) mass is 204 g/mol. The van der Waals surface area contributed by atoms with Crippen LogP contribution in [0, 0.1) is 0 Å². The maximum absolute atomic E-state index is 5.40. The van der Waals surface area contributed by atoms with Crippen molar-refractivity contribution in [3.63, 3.8) is 0 Å². The van der Waals surface area contributed by atoms with Crippen LogP contribution < -0.4 is 0 Å². The lowest BCUT2D eigenvalue weighted by Crippen LogP contribution is -2.33. The largest absolute Gasteiger partial charge is 0.382 e. The van der Waals surface area contributed by atoms with Gasteiger partial charge in [-0.15, -0.1) is 0 Å². The van der Waals surface area contributed by atoms with E-state index >= 15 is 0 Å². The van der Waals surface area contributed by atoms with Gasteiger partial charge in [-0.05, 0) is 13.1 Å². The first-order valence-electron chi connectivity index (χ1n) is 5.29. The molecule has 0 unspecified atom stereocenters. The van der Waals surface area contributed by atoms with Gasteiger partial charge in [0.1, 0.15) is 0 Å². The van der Waals surface area contributed by atoms with Crippen molar-refractivity contribution in [3.8, 4) is 0 Å². The minimum Gasteiger partial charge on any atom is -0.382 e. The van der Waals surface area contributed by atoms with Crippen LogP contribution in [0.15, 0.2) is 0 Å². The topological polar surface area (TPSA) is 24.9 Å². The Morgan fingerprint density at radius 1 is 1.00 bits per heavy atom. The molecular formula is C10H24N2O2. The fourth-order valence-electron chi connectivity index (χ4n) is 1.16. The maximum atomic E-state index is 5.40. The molecule has 0 heterocycles. The quantitative estimate of drug-likeness (QED) is 0.410. The Labute approximate surface area is 87.7 Å². The van der Waals surface area contributed by atoms with Gasteiger partial charge in [0.25, 0.3) is 0 Å². The molecule has 0 radical (unpaired) electrons. The van der Waals surface area contributed by atoms with Crippen molar-refractivity contribution < 1.29 is 9.57 Å². The normalized spacial score (nSPS) is 11.6. The highest BCUT2D eigenvalue weighted by atomic mass is 16.7. The predicted molar refractivity (Wildman–Crippen MR) is 58.2 cm³/mol. The van der Waals surface area contributed by atoms with Gasteiger partial charge in [0.15, 0.2) is 0 Å². The van der Waals surface area contributed by atoms with Gasteiger partial charge in [0, 0.05) is 27.2 Å². The van der Waals surface area contributed by atoms with E-state index in [2.05, 4.69) is 18.7 Å². The van der Waals surface area contributed by atoms with Crippen LogP contribution in [-0.2, 0) is 9.57 Å². The van der Waals surface area contributed by atoms with Crippen molar-refractivity contribution >= 4 is 0 Å². The van der Waals surface area contributed by atoms with Crippen molar-refractivity contribution in [2.45, 2.75) is 13.8 Å². The van der Waals surface area contributed by atoms with Gasteiger partial charge in [0.2, 0.25) is 0 Å². The molecule has 0 rings (SSSR count). The molecule has 0 atom stereocenters. The van der Waals surface area contributed by atoms with Gasteiger partial charge < -0.3 is 9.64 Å². The lowest BCUT2D eigenvalue weighted by atomic mass is 10.5. The Bertz CT molecular complexity index is 119. The Morgan fingerprint density at radius 2 is 1.64 bits per heavy atom. The third-order valence-electron chi connectivity index (χ3n) is 2.22. The van der Waals surface area contributed by atoms with Crippen LogP contribution in [0.1, 0.15) is 13.8 Å². The molecule has 0 aromatic rings. The van der Waals surface area contributed by atoms with E-state index in [0.29, 0.717) is 13.2 Å². The number of hydrogen-bond donors (Lipinski definition) is 0. The molecule has 0 spiro atoms. The molecule has 0 aliphatic carbocycles. The highest BCUT2D eigenvalue weighted by molar-refractivity contribution is 4.52. The van der Waals surface area contributed by atoms with Crippen LogP contribution >= 0.6 is 0 Å². The standard InChI is InChI=1S/C10H24N2O2/c1-5-12(6-2)8-7-11(3)14-10-9-13-4/h5-10H2,1-4H3. The molecule has 0 aliphatic rings. The van der Waals surface area contributed by atoms with Gasteiger partial charge in [-0.25, -0.2) is 0 Å². The first-order chi connectivity index (χ1) is 6.74. The second-order valence-corrected chi connectivity index (χ2v) is 3.20. The van der Waals surface area contributed by atoms with Crippen LogP contribution in [0.4, 0.5) is 0 Å². The van der Waals surface area contributed by atoms with Crippen molar-refractivity contribution in [1.82, 2.24) is 9.96 Å². The molecule has 0 fully saturated rings. The highest BCUT2D eigenvalue weighted by Gasteiger charge is 2.02. The molecule has 86 valence electrons. The summed E-state index contributed by atoms with van der Waals surface area (Å²) in [6.07, 6.45) is 0. The minimum atomic E-state index is 0.630. The van der Waals surface area contributed by atoms with Crippen molar-refractivity contribution in [1.29, 1.82) is 0 Å². The summed E-state index contributed by atoms with van der Waals surface area (Å²) in [4.78, 5) is 7.77. The fraction of sp³-hybridized carbons (Fsp3) is 1.00. The van der Waals surface area contributed by atoms with Crippen molar-refractivity contribution in [3.05, 3.63) is 0 Å². The van der Waals surface area contributed by atoms with Gasteiger partial charge in [-0.2, -0.15) is 5.06 Å². The SMILES string of the molecule is CCN(CC)CCN(C)OCCOC. The van der Waals surface area contributed by atoms with Gasteiger partial charge in [0.05, 0.1) is 13.2 Å². The Morgan fingerprint density at radius 3 is 2.14 bits per heavy atom. The van der Waals surface area contributed by atoms with Crippen molar-refractivity contribution in [2.75, 3.05) is 53.6 Å². The fourth-order valence-corrected chi connectivity index (χ4v) is 1.16. The number of hydrogen-bond acceptors (Lipinski definition) is 4. The summed E-state index contributed by atoms with van der Waals surface area (Å²) in [5.74, 6) is 0. The summed E-state index contributed by atoms with van der Waals surface area (Å²) in [6.45, 7) is 9.82. The Hall–Kier alpha value is -0.160. The van der Waals surface area contributed by atoms with Gasteiger partial charge in [-0.3, -0.25) is 4.84 Å². The Kier molecular flexibility index (Phi) is 9.29. The van der Waals surface area contributed by atoms with E-state index in [-0.39, 0.29) is 0 Å². The molecule has 0 aromatic heterocycles. The summed E-state index contributed by atoms with van der Waals surface area (Å²) in [6, 6.07) is 0. The van der Waals surface area contributed by atoms with E-state index in [0.717, 1.165) is 26.2 Å². The number of ether oxygens (including phenoxy) is 1. The zero-order chi connectivity index (χ0) is 10.8. The van der Waals surface area contributed by atoms with Gasteiger partial charge in [-0.1, -0.05) is 13.8 Å². The lowest BCUT2D eigenvalue weighted by molar-refractivity contribution is -0.151. The second kappa shape index (κ2) is 9.40. The zero-order valence-corrected chi connectivity index (χ0v) is 9.95. The van der Waals surface area contributed by atoms with E-state index in [4.69, 9.17) is 9.57 Å². The average Bonchev–Trinajstić information content (AvgIpc) is 2.20. The maximum Gasteiger partial charge on any atom is 0.0918 e. The van der Waals surface area contributed by atoms with Crippen LogP contribution in [0.25, 0.3) is 0 Å². The molecule has 0 N–H and O–H groups in total. The first-order valence-corrected chi connectivity index (χ1v) is 5.29. The van der Waals surface area contributed by atoms with E-state index in [1.54, 1.807) is 7.11 Å². The van der Waals surface area contributed by atoms with E-state index in [1.165, 1.54) is 0 Å². The molecule has 4 nitrogen and oxygen atoms in total. The molecule has 0 aliphatic heterocycles. The summed E-state index contributed by atoms with van der Waals surface area (Å²) < 4.78 is 4.90. The molecule has 0 bridgehead atoms. The van der Waals surface area contributed by atoms with Crippen molar-refractivity contribution in [2.24, 2.45) is 0 Å². The van der Waals surface area contributed by atoms with Crippen LogP contribution in [-0.4, -0.2) is 63.5 Å². The number of likely N-dealkylation sites (N-methyl/N-ethyl adjacent to an activating group) is 2. The average molecular weight is 204 g/mol. The molecule has 14 heavy (non-hydrogen) atoms. The number of nitrogens with zero attached hydrogens (tertiary/aromatic N) is 2. The lowest BCUT2D eigenvalue weighted by Gasteiger charge is -2.22. The molecule has 0 aromatic carbocycles. The van der Waals surface area contributed by atoms with Crippen LogP contribution in [0.5, 0.6) is 0 Å². The predicted octanol–water partition coefficient (Wildman–Crippen LogP) is 0.838. The second-order valence-electron chi connectivity index (χ2n) is 3.20. The van der Waals surface area contributed by atoms with E-state index in [1.807, 2.05) is 12.1 Å². The van der Waals surface area contributed by atoms with Crippen LogP contribution in [0.2, 0.25) is 0 Å². The number of rotatable bonds is 9. The Balaban J connectivity index is 3.37. The molecular weight excluding hydrogens is 180 g/mol. The summed E-state index contributed by atoms with van der Waals surface area (Å²) >= 11 is 0. The molecule has 0 saturated heterocycles. The van der Waals surface area contributed by atoms with Crippen LogP contribution in [0.3, 0.4) is 0 Å². The van der Waals surface area contributed by atoms with E-state index < -0.39 is 0 Å². The third-order valence-corrected chi connectivity index (χ3v) is 2.22. The summed E-state index contributed by atoms with van der Waals surface area (Å²) in [5.41, 5.74) is 0. The van der Waals surface area contributed by atoms with Gasteiger partial charge >= 0.3 is 0 Å².